The van der Waals surface area contributed by atoms with E-state index in [-0.39, 0.29) is 24.0 Å². The summed E-state index contributed by atoms with van der Waals surface area (Å²) in [4.78, 5) is 17.2. The lowest BCUT2D eigenvalue weighted by Crippen LogP contribution is -2.33. The van der Waals surface area contributed by atoms with E-state index in [1.165, 1.54) is 12.3 Å². The summed E-state index contributed by atoms with van der Waals surface area (Å²) in [6.45, 7) is 4.00. The van der Waals surface area contributed by atoms with Gasteiger partial charge in [-0.1, -0.05) is 11.6 Å². The van der Waals surface area contributed by atoms with E-state index in [1.54, 1.807) is 12.1 Å². The van der Waals surface area contributed by atoms with Gasteiger partial charge in [-0.2, -0.15) is 0 Å². The molecule has 9 heteroatoms. The topological polar surface area (TPSA) is 67.7 Å². The van der Waals surface area contributed by atoms with Crippen LogP contribution in [0.1, 0.15) is 29.0 Å². The van der Waals surface area contributed by atoms with Crippen molar-refractivity contribution in [2.45, 2.75) is 19.8 Å². The van der Waals surface area contributed by atoms with Crippen molar-refractivity contribution in [1.82, 2.24) is 14.7 Å². The van der Waals surface area contributed by atoms with Crippen LogP contribution in [-0.2, 0) is 4.74 Å². The maximum Gasteiger partial charge on any atom is 0.269 e. The first-order chi connectivity index (χ1) is 14.0. The van der Waals surface area contributed by atoms with Crippen molar-refractivity contribution >= 4 is 46.9 Å². The van der Waals surface area contributed by atoms with Crippen LogP contribution in [0, 0.1) is 18.7 Å². The summed E-state index contributed by atoms with van der Waals surface area (Å²) < 4.78 is 21.4. The number of hydrogen-bond acceptors (Lipinski definition) is 4. The van der Waals surface area contributed by atoms with Gasteiger partial charge in [-0.25, -0.2) is 9.37 Å². The Labute approximate surface area is 185 Å². The number of carbonyl (C=O) groups is 1. The molecule has 0 radical (unpaired) electrons. The Morgan fingerprint density at radius 1 is 1.30 bits per heavy atom. The highest BCUT2D eigenvalue weighted by Gasteiger charge is 2.19. The van der Waals surface area contributed by atoms with Gasteiger partial charge in [0.25, 0.3) is 5.91 Å². The van der Waals surface area contributed by atoms with E-state index in [0.717, 1.165) is 31.7 Å². The van der Waals surface area contributed by atoms with Gasteiger partial charge in [0, 0.05) is 30.5 Å². The third-order valence-electron chi connectivity index (χ3n) is 5.18. The quantitative estimate of drug-likeness (QED) is 0.585. The second kappa shape index (κ2) is 9.64. The van der Waals surface area contributed by atoms with Crippen LogP contribution in [0.5, 0.6) is 0 Å². The molecule has 160 valence electrons. The van der Waals surface area contributed by atoms with Crippen molar-refractivity contribution in [2.24, 2.45) is 5.92 Å². The van der Waals surface area contributed by atoms with Crippen LogP contribution in [0.25, 0.3) is 5.52 Å². The molecule has 1 fully saturated rings. The number of aryl methyl sites for hydroxylation is 1. The van der Waals surface area contributed by atoms with E-state index < -0.39 is 5.82 Å². The van der Waals surface area contributed by atoms with Gasteiger partial charge < -0.3 is 19.8 Å². The number of rotatable bonds is 5. The van der Waals surface area contributed by atoms with Crippen molar-refractivity contribution < 1.29 is 13.9 Å². The first-order valence-electron chi connectivity index (χ1n) is 9.58. The number of nitrogens with one attached hydrogen (secondary N) is 2. The largest absolute Gasteiger partial charge is 0.381 e. The first-order valence-corrected chi connectivity index (χ1v) is 9.96. The number of aromatic nitrogens is 2. The van der Waals surface area contributed by atoms with Gasteiger partial charge in [0.15, 0.2) is 5.82 Å². The summed E-state index contributed by atoms with van der Waals surface area (Å²) in [5, 5.41) is 6.33. The van der Waals surface area contributed by atoms with Crippen molar-refractivity contribution in [3.05, 3.63) is 58.8 Å². The summed E-state index contributed by atoms with van der Waals surface area (Å²) in [5.74, 6) is 0.229. The standard InChI is InChI=1S/C21H22ClFN4O2.ClH/c1-13-2-5-18-20(26-17-4-3-15(22)10-16(17)23)24-12-19(27(13)18)21(28)25-11-14-6-8-29-9-7-14;/h2-5,10,12,14H,6-9,11H2,1H3,(H,24,26)(H,25,28);1H. The normalized spacial score (nSPS) is 14.4. The van der Waals surface area contributed by atoms with E-state index in [9.17, 15) is 9.18 Å². The number of fused-ring (bicyclic) bond motifs is 1. The van der Waals surface area contributed by atoms with Crippen molar-refractivity contribution in [3.8, 4) is 0 Å². The van der Waals surface area contributed by atoms with E-state index >= 15 is 0 Å². The van der Waals surface area contributed by atoms with E-state index in [2.05, 4.69) is 15.6 Å². The third-order valence-corrected chi connectivity index (χ3v) is 5.42. The fourth-order valence-electron chi connectivity index (χ4n) is 3.55. The van der Waals surface area contributed by atoms with E-state index in [1.807, 2.05) is 23.5 Å². The summed E-state index contributed by atoms with van der Waals surface area (Å²) >= 11 is 5.82. The van der Waals surface area contributed by atoms with Gasteiger partial charge in [0.1, 0.15) is 11.5 Å². The molecule has 1 aromatic carbocycles. The Kier molecular flexibility index (Phi) is 7.18. The van der Waals surface area contributed by atoms with Gasteiger partial charge in [0.2, 0.25) is 0 Å². The zero-order chi connectivity index (χ0) is 20.4. The highest BCUT2D eigenvalue weighted by atomic mass is 35.5. The Morgan fingerprint density at radius 2 is 2.07 bits per heavy atom. The molecule has 0 atom stereocenters. The van der Waals surface area contributed by atoms with Crippen LogP contribution in [0.3, 0.4) is 0 Å². The zero-order valence-corrected chi connectivity index (χ0v) is 18.0. The molecule has 0 spiro atoms. The first kappa shape index (κ1) is 22.3. The molecule has 2 N–H and O–H groups in total. The number of anilines is 2. The number of benzene rings is 1. The molecule has 0 saturated carbocycles. The van der Waals surface area contributed by atoms with Crippen LogP contribution >= 0.6 is 24.0 Å². The Morgan fingerprint density at radius 3 is 2.80 bits per heavy atom. The molecule has 4 rings (SSSR count). The third kappa shape index (κ3) is 4.69. The summed E-state index contributed by atoms with van der Waals surface area (Å²) in [7, 11) is 0. The second-order valence-electron chi connectivity index (χ2n) is 7.20. The van der Waals surface area contributed by atoms with E-state index in [0.29, 0.717) is 34.5 Å². The number of carbonyl (C=O) groups excluding carboxylic acids is 1. The van der Waals surface area contributed by atoms with Crippen molar-refractivity contribution in [1.29, 1.82) is 0 Å². The van der Waals surface area contributed by atoms with Gasteiger partial charge >= 0.3 is 0 Å². The van der Waals surface area contributed by atoms with Gasteiger partial charge in [0.05, 0.1) is 17.4 Å². The molecule has 2 aromatic heterocycles. The number of hydrogen-bond donors (Lipinski definition) is 2. The molecule has 0 aliphatic carbocycles. The lowest BCUT2D eigenvalue weighted by Gasteiger charge is -2.22. The number of halogens is 3. The van der Waals surface area contributed by atoms with Crippen LogP contribution in [0.4, 0.5) is 15.9 Å². The Bertz CT molecular complexity index is 1050. The van der Waals surface area contributed by atoms with Crippen LogP contribution < -0.4 is 10.6 Å². The molecule has 1 aliphatic heterocycles. The number of nitrogens with zero attached hydrogens (tertiary/aromatic N) is 2. The fraction of sp³-hybridized carbons (Fsp3) is 0.333. The second-order valence-corrected chi connectivity index (χ2v) is 7.64. The van der Waals surface area contributed by atoms with Gasteiger partial charge in [-0.15, -0.1) is 12.4 Å². The zero-order valence-electron chi connectivity index (χ0n) is 16.5. The molecular formula is C21H23Cl2FN4O2. The number of ether oxygens (including phenoxy) is 1. The lowest BCUT2D eigenvalue weighted by molar-refractivity contribution is 0.0642. The smallest absolute Gasteiger partial charge is 0.269 e. The molecule has 30 heavy (non-hydrogen) atoms. The van der Waals surface area contributed by atoms with Crippen LogP contribution in [0.2, 0.25) is 5.02 Å². The minimum Gasteiger partial charge on any atom is -0.381 e. The Balaban J connectivity index is 0.00000256. The lowest BCUT2D eigenvalue weighted by atomic mass is 10.0. The highest BCUT2D eigenvalue weighted by Crippen LogP contribution is 2.26. The maximum atomic E-state index is 14.2. The Hall–Kier alpha value is -2.35. The van der Waals surface area contributed by atoms with Crippen LogP contribution in [-0.4, -0.2) is 35.1 Å². The summed E-state index contributed by atoms with van der Waals surface area (Å²) in [6.07, 6.45) is 3.41. The molecule has 0 bridgehead atoms. The fourth-order valence-corrected chi connectivity index (χ4v) is 3.70. The monoisotopic (exact) mass is 452 g/mol. The van der Waals surface area contributed by atoms with Gasteiger partial charge in [-0.3, -0.25) is 4.79 Å². The van der Waals surface area contributed by atoms with Crippen molar-refractivity contribution in [2.75, 3.05) is 25.1 Å². The molecule has 1 amide bonds. The molecule has 6 nitrogen and oxygen atoms in total. The predicted molar refractivity (Wildman–Crippen MR) is 118 cm³/mol. The highest BCUT2D eigenvalue weighted by molar-refractivity contribution is 6.30. The minimum absolute atomic E-state index is 0. The predicted octanol–water partition coefficient (Wildman–Crippen LogP) is 4.76. The SMILES string of the molecule is Cc1ccc2c(Nc3ccc(Cl)cc3F)ncc(C(=O)NCC3CCOCC3)n12.Cl. The average Bonchev–Trinajstić information content (AvgIpc) is 3.11. The molecule has 3 heterocycles. The minimum atomic E-state index is -0.473. The summed E-state index contributed by atoms with van der Waals surface area (Å²) in [6, 6.07) is 8.15. The van der Waals surface area contributed by atoms with E-state index in [4.69, 9.17) is 16.3 Å². The summed E-state index contributed by atoms with van der Waals surface area (Å²) in [5.41, 5.74) is 2.28. The van der Waals surface area contributed by atoms with Crippen molar-refractivity contribution in [3.63, 3.8) is 0 Å². The molecule has 1 saturated heterocycles. The van der Waals surface area contributed by atoms with Gasteiger partial charge in [-0.05, 0) is 56.0 Å². The molecule has 1 aliphatic rings. The average molecular weight is 453 g/mol. The molecule has 3 aromatic rings. The molecular weight excluding hydrogens is 430 g/mol. The maximum absolute atomic E-state index is 14.2. The molecule has 0 unspecified atom stereocenters. The van der Waals surface area contributed by atoms with Crippen LogP contribution in [0.15, 0.2) is 36.5 Å². The number of amides is 1.